The number of benzene rings is 2. The summed E-state index contributed by atoms with van der Waals surface area (Å²) in [6.07, 6.45) is 1.33. The Kier molecular flexibility index (Phi) is 5.39. The van der Waals surface area contributed by atoms with Crippen molar-refractivity contribution in [2.75, 3.05) is 22.1 Å². The zero-order valence-electron chi connectivity index (χ0n) is 15.6. The molecule has 4 rings (SSSR count). The van der Waals surface area contributed by atoms with Crippen molar-refractivity contribution in [1.29, 1.82) is 0 Å². The summed E-state index contributed by atoms with van der Waals surface area (Å²) in [6.45, 7) is 0.649. The van der Waals surface area contributed by atoms with Gasteiger partial charge in [0.05, 0.1) is 16.3 Å². The average Bonchev–Trinajstić information content (AvgIpc) is 3.41. The second-order valence-corrected chi connectivity index (χ2v) is 7.58. The van der Waals surface area contributed by atoms with E-state index in [4.69, 9.17) is 0 Å². The maximum absolute atomic E-state index is 12.8. The van der Waals surface area contributed by atoms with Crippen LogP contribution in [0.2, 0.25) is 0 Å². The van der Waals surface area contributed by atoms with Crippen LogP contribution in [0, 0.1) is 0 Å². The lowest BCUT2D eigenvalue weighted by atomic mass is 10.1. The van der Waals surface area contributed by atoms with Crippen molar-refractivity contribution in [1.82, 2.24) is 0 Å². The van der Waals surface area contributed by atoms with Gasteiger partial charge in [0.15, 0.2) is 0 Å². The van der Waals surface area contributed by atoms with Crippen LogP contribution in [0.1, 0.15) is 32.9 Å². The minimum absolute atomic E-state index is 0.0602. The Bertz CT molecular complexity index is 1060. The van der Waals surface area contributed by atoms with Gasteiger partial charge in [-0.2, -0.15) is 0 Å². The number of amides is 3. The van der Waals surface area contributed by atoms with Crippen LogP contribution in [0.15, 0.2) is 66.0 Å². The zero-order chi connectivity index (χ0) is 20.2. The van der Waals surface area contributed by atoms with Gasteiger partial charge in [-0.1, -0.05) is 24.3 Å². The second kappa shape index (κ2) is 8.28. The summed E-state index contributed by atoms with van der Waals surface area (Å²) in [6, 6.07) is 17.6. The normalized spacial score (nSPS) is 13.4. The largest absolute Gasteiger partial charge is 0.321 e. The molecule has 0 saturated carbocycles. The molecule has 2 N–H and O–H groups in total. The molecule has 0 atom stereocenters. The summed E-state index contributed by atoms with van der Waals surface area (Å²) < 4.78 is 0. The Balaban J connectivity index is 1.51. The molecular weight excluding hydrogens is 386 g/mol. The summed E-state index contributed by atoms with van der Waals surface area (Å²) in [5, 5.41) is 7.53. The van der Waals surface area contributed by atoms with Gasteiger partial charge in [0.2, 0.25) is 5.91 Å². The Labute approximate surface area is 172 Å². The summed E-state index contributed by atoms with van der Waals surface area (Å²) in [5.74, 6) is -0.461. The van der Waals surface area contributed by atoms with Gasteiger partial charge in [0.25, 0.3) is 11.8 Å². The van der Waals surface area contributed by atoms with Crippen LogP contribution in [-0.4, -0.2) is 24.3 Å². The topological polar surface area (TPSA) is 78.5 Å². The van der Waals surface area contributed by atoms with Crippen LogP contribution in [-0.2, 0) is 4.79 Å². The average molecular weight is 405 g/mol. The lowest BCUT2D eigenvalue weighted by molar-refractivity contribution is -0.117. The Morgan fingerprint density at radius 1 is 0.931 bits per heavy atom. The minimum atomic E-state index is -0.309. The number of anilines is 3. The van der Waals surface area contributed by atoms with E-state index in [9.17, 15) is 14.4 Å². The van der Waals surface area contributed by atoms with Gasteiger partial charge < -0.3 is 15.5 Å². The molecule has 0 radical (unpaired) electrons. The number of nitrogens with zero attached hydrogens (tertiary/aromatic N) is 1. The first-order valence-electron chi connectivity index (χ1n) is 9.27. The van der Waals surface area contributed by atoms with Crippen LogP contribution in [0.3, 0.4) is 0 Å². The molecule has 0 spiro atoms. The molecule has 6 nitrogen and oxygen atoms in total. The van der Waals surface area contributed by atoms with Crippen LogP contribution in [0.25, 0.3) is 0 Å². The quantitative estimate of drug-likeness (QED) is 0.661. The van der Waals surface area contributed by atoms with Crippen molar-refractivity contribution in [3.8, 4) is 0 Å². The third-order valence-corrected chi connectivity index (χ3v) is 5.51. The zero-order valence-corrected chi connectivity index (χ0v) is 16.4. The number of thiophene rings is 1. The van der Waals surface area contributed by atoms with Gasteiger partial charge in [-0.3, -0.25) is 14.4 Å². The molecule has 0 bridgehead atoms. The first-order chi connectivity index (χ1) is 14.1. The molecule has 2 aromatic carbocycles. The van der Waals surface area contributed by atoms with Crippen molar-refractivity contribution >= 4 is 46.1 Å². The van der Waals surface area contributed by atoms with Crippen molar-refractivity contribution in [3.63, 3.8) is 0 Å². The molecule has 0 aliphatic carbocycles. The van der Waals surface area contributed by atoms with Crippen molar-refractivity contribution in [3.05, 3.63) is 76.5 Å². The maximum atomic E-state index is 12.8. The highest BCUT2D eigenvalue weighted by molar-refractivity contribution is 7.12. The van der Waals surface area contributed by atoms with Gasteiger partial charge >= 0.3 is 0 Å². The summed E-state index contributed by atoms with van der Waals surface area (Å²) >= 11 is 1.35. The van der Waals surface area contributed by atoms with E-state index >= 15 is 0 Å². The van der Waals surface area contributed by atoms with E-state index < -0.39 is 0 Å². The van der Waals surface area contributed by atoms with E-state index in [1.165, 1.54) is 11.3 Å². The van der Waals surface area contributed by atoms with Crippen LogP contribution in [0.4, 0.5) is 17.1 Å². The summed E-state index contributed by atoms with van der Waals surface area (Å²) in [4.78, 5) is 39.4. The first-order valence-corrected chi connectivity index (χ1v) is 10.2. The van der Waals surface area contributed by atoms with Gasteiger partial charge in [-0.15, -0.1) is 11.3 Å². The standard InChI is InChI=1S/C22H19N3O3S/c26-20-11-4-12-25(20)18-9-2-1-8-17(18)24-21(27)15-6-3-7-16(14-15)23-22(28)19-10-5-13-29-19/h1-3,5-10,13-14H,4,11-12H2,(H,23,28)(H,24,27). The molecule has 0 unspecified atom stereocenters. The van der Waals surface area contributed by atoms with E-state index in [-0.39, 0.29) is 17.7 Å². The van der Waals surface area contributed by atoms with Crippen molar-refractivity contribution < 1.29 is 14.4 Å². The number of nitrogens with one attached hydrogen (secondary N) is 2. The molecule has 1 aliphatic heterocycles. The van der Waals surface area contributed by atoms with Crippen molar-refractivity contribution in [2.24, 2.45) is 0 Å². The predicted octanol–water partition coefficient (Wildman–Crippen LogP) is 4.38. The number of carbonyl (C=O) groups excluding carboxylic acids is 3. The predicted molar refractivity (Wildman–Crippen MR) is 115 cm³/mol. The Hall–Kier alpha value is -3.45. The highest BCUT2D eigenvalue weighted by Crippen LogP contribution is 2.29. The lowest BCUT2D eigenvalue weighted by Gasteiger charge is -2.20. The van der Waals surface area contributed by atoms with Crippen molar-refractivity contribution in [2.45, 2.75) is 12.8 Å². The fourth-order valence-electron chi connectivity index (χ4n) is 3.25. The van der Waals surface area contributed by atoms with Gasteiger partial charge in [-0.25, -0.2) is 0 Å². The number of rotatable bonds is 5. The van der Waals surface area contributed by atoms with Crippen LogP contribution in [0.5, 0.6) is 0 Å². The fourth-order valence-corrected chi connectivity index (χ4v) is 3.87. The lowest BCUT2D eigenvalue weighted by Crippen LogP contribution is -2.25. The molecule has 3 amide bonds. The monoisotopic (exact) mass is 405 g/mol. The summed E-state index contributed by atoms with van der Waals surface area (Å²) in [7, 11) is 0. The second-order valence-electron chi connectivity index (χ2n) is 6.63. The number of carbonyl (C=O) groups is 3. The Morgan fingerprint density at radius 2 is 1.79 bits per heavy atom. The third kappa shape index (κ3) is 4.20. The Morgan fingerprint density at radius 3 is 2.55 bits per heavy atom. The SMILES string of the molecule is O=C(Nc1ccccc1N1CCCC1=O)c1cccc(NC(=O)c2cccs2)c1. The van der Waals surface area contributed by atoms with Gasteiger partial charge in [0.1, 0.15) is 0 Å². The molecule has 29 heavy (non-hydrogen) atoms. The van der Waals surface area contributed by atoms with Crippen LogP contribution < -0.4 is 15.5 Å². The molecule has 146 valence electrons. The summed E-state index contributed by atoms with van der Waals surface area (Å²) in [5.41, 5.74) is 2.24. The third-order valence-electron chi connectivity index (χ3n) is 4.64. The van der Waals surface area contributed by atoms with E-state index in [1.54, 1.807) is 41.3 Å². The minimum Gasteiger partial charge on any atom is -0.321 e. The highest BCUT2D eigenvalue weighted by Gasteiger charge is 2.24. The van der Waals surface area contributed by atoms with E-state index in [0.29, 0.717) is 40.5 Å². The van der Waals surface area contributed by atoms with E-state index in [0.717, 1.165) is 6.42 Å². The molecule has 1 aromatic heterocycles. The van der Waals surface area contributed by atoms with Crippen LogP contribution >= 0.6 is 11.3 Å². The molecule has 1 fully saturated rings. The number of hydrogen-bond donors (Lipinski definition) is 2. The maximum Gasteiger partial charge on any atom is 0.265 e. The first kappa shape index (κ1) is 18.9. The molecule has 1 aliphatic rings. The molecule has 1 saturated heterocycles. The van der Waals surface area contributed by atoms with E-state index in [1.807, 2.05) is 29.6 Å². The molecular formula is C22H19N3O3S. The molecule has 7 heteroatoms. The molecule has 3 aromatic rings. The fraction of sp³-hybridized carbons (Fsp3) is 0.136. The van der Waals surface area contributed by atoms with E-state index in [2.05, 4.69) is 10.6 Å². The number of para-hydroxylation sites is 2. The van der Waals surface area contributed by atoms with Gasteiger partial charge in [-0.05, 0) is 48.2 Å². The van der Waals surface area contributed by atoms with Gasteiger partial charge in [0, 0.05) is 24.2 Å². The number of hydrogen-bond acceptors (Lipinski definition) is 4. The highest BCUT2D eigenvalue weighted by atomic mass is 32.1. The molecule has 2 heterocycles. The smallest absolute Gasteiger partial charge is 0.265 e.